The van der Waals surface area contributed by atoms with E-state index in [2.05, 4.69) is 5.32 Å². The fourth-order valence-corrected chi connectivity index (χ4v) is 2.62. The summed E-state index contributed by atoms with van der Waals surface area (Å²) < 4.78 is 5.57. The Kier molecular flexibility index (Phi) is 6.83. The zero-order valence-corrected chi connectivity index (χ0v) is 13.0. The number of carbonyl (C=O) groups excluding carboxylic acids is 1. The van der Waals surface area contributed by atoms with Crippen LogP contribution in [0.25, 0.3) is 6.08 Å². The van der Waals surface area contributed by atoms with Crippen molar-refractivity contribution in [1.29, 1.82) is 0 Å². The smallest absolute Gasteiger partial charge is 0.244 e. The lowest BCUT2D eigenvalue weighted by Crippen LogP contribution is -2.28. The van der Waals surface area contributed by atoms with Crippen molar-refractivity contribution in [2.45, 2.75) is 6.10 Å². The summed E-state index contributed by atoms with van der Waals surface area (Å²) in [5, 5.41) is 15.6. The van der Waals surface area contributed by atoms with Crippen LogP contribution < -0.4 is 5.32 Å². The third-order valence-electron chi connectivity index (χ3n) is 3.01. The average Bonchev–Trinajstić information content (AvgIpc) is 3.08. The second-order valence-electron chi connectivity index (χ2n) is 4.63. The Hall–Kier alpha value is -1.95. The largest absolute Gasteiger partial charge is 0.394 e. The van der Waals surface area contributed by atoms with Gasteiger partial charge in [-0.2, -0.15) is 11.3 Å². The fourth-order valence-electron chi connectivity index (χ4n) is 1.91. The summed E-state index contributed by atoms with van der Waals surface area (Å²) in [6, 6.07) is 11.6. The Morgan fingerprint density at radius 1 is 1.32 bits per heavy atom. The molecule has 1 atom stereocenters. The van der Waals surface area contributed by atoms with Gasteiger partial charge < -0.3 is 15.2 Å². The molecule has 0 aliphatic rings. The van der Waals surface area contributed by atoms with E-state index in [1.54, 1.807) is 17.4 Å². The molecule has 0 bridgehead atoms. The SMILES string of the molecule is O=C(/C=C/c1ccccc1)NC[C@H](OCCO)c1ccsc1. The van der Waals surface area contributed by atoms with Crippen LogP contribution in [-0.4, -0.2) is 30.8 Å². The molecule has 2 rings (SSSR count). The molecule has 0 radical (unpaired) electrons. The van der Waals surface area contributed by atoms with E-state index in [0.717, 1.165) is 11.1 Å². The number of hydrogen-bond donors (Lipinski definition) is 2. The highest BCUT2D eigenvalue weighted by atomic mass is 32.1. The van der Waals surface area contributed by atoms with Crippen LogP contribution in [0.3, 0.4) is 0 Å². The number of hydrogen-bond acceptors (Lipinski definition) is 4. The minimum absolute atomic E-state index is 0.0392. The van der Waals surface area contributed by atoms with Gasteiger partial charge in [-0.05, 0) is 34.0 Å². The van der Waals surface area contributed by atoms with Gasteiger partial charge in [0.1, 0.15) is 6.10 Å². The third kappa shape index (κ3) is 5.44. The van der Waals surface area contributed by atoms with E-state index in [9.17, 15) is 4.79 Å². The molecular weight excluding hydrogens is 298 g/mol. The van der Waals surface area contributed by atoms with Crippen LogP contribution in [0.1, 0.15) is 17.2 Å². The van der Waals surface area contributed by atoms with Crippen LogP contribution in [0.4, 0.5) is 0 Å². The minimum atomic E-state index is -0.243. The highest BCUT2D eigenvalue weighted by molar-refractivity contribution is 7.07. The van der Waals surface area contributed by atoms with E-state index in [1.807, 2.05) is 47.2 Å². The van der Waals surface area contributed by atoms with E-state index in [4.69, 9.17) is 9.84 Å². The molecule has 0 saturated carbocycles. The molecule has 1 aromatic heterocycles. The Balaban J connectivity index is 1.86. The van der Waals surface area contributed by atoms with Crippen molar-refractivity contribution in [3.05, 3.63) is 64.4 Å². The van der Waals surface area contributed by atoms with Gasteiger partial charge in [-0.3, -0.25) is 4.79 Å². The van der Waals surface area contributed by atoms with Crippen molar-refractivity contribution in [1.82, 2.24) is 5.32 Å². The van der Waals surface area contributed by atoms with Crippen LogP contribution >= 0.6 is 11.3 Å². The van der Waals surface area contributed by atoms with E-state index in [-0.39, 0.29) is 25.2 Å². The zero-order chi connectivity index (χ0) is 15.6. The molecule has 2 aromatic rings. The van der Waals surface area contributed by atoms with Gasteiger partial charge in [0.05, 0.1) is 13.2 Å². The van der Waals surface area contributed by atoms with Crippen LogP contribution in [0, 0.1) is 0 Å². The van der Waals surface area contributed by atoms with Crippen molar-refractivity contribution in [3.8, 4) is 0 Å². The van der Waals surface area contributed by atoms with Gasteiger partial charge in [0, 0.05) is 12.6 Å². The minimum Gasteiger partial charge on any atom is -0.394 e. The molecule has 0 aliphatic carbocycles. The molecular formula is C17H19NO3S. The van der Waals surface area contributed by atoms with Crippen molar-refractivity contribution in [2.24, 2.45) is 0 Å². The number of amides is 1. The third-order valence-corrected chi connectivity index (χ3v) is 3.72. The number of rotatable bonds is 8. The van der Waals surface area contributed by atoms with Crippen LogP contribution in [0.15, 0.2) is 53.2 Å². The monoisotopic (exact) mass is 317 g/mol. The Bertz CT molecular complexity index is 581. The first-order valence-corrected chi connectivity index (χ1v) is 7.99. The maximum atomic E-state index is 11.9. The van der Waals surface area contributed by atoms with Gasteiger partial charge in [0.15, 0.2) is 0 Å². The standard InChI is InChI=1S/C17H19NO3S/c19-9-10-21-16(15-8-11-22-13-15)12-18-17(20)7-6-14-4-2-1-3-5-14/h1-8,11,13,16,19H,9-10,12H2,(H,18,20)/b7-6+/t16-/m0/s1. The topological polar surface area (TPSA) is 58.6 Å². The molecule has 0 aliphatic heterocycles. The number of nitrogens with one attached hydrogen (secondary N) is 1. The summed E-state index contributed by atoms with van der Waals surface area (Å²) in [5.74, 6) is -0.170. The molecule has 116 valence electrons. The first kappa shape index (κ1) is 16.4. The van der Waals surface area contributed by atoms with E-state index < -0.39 is 0 Å². The maximum absolute atomic E-state index is 11.9. The predicted molar refractivity (Wildman–Crippen MR) is 88.6 cm³/mol. The van der Waals surface area contributed by atoms with E-state index in [0.29, 0.717) is 6.54 Å². The summed E-state index contributed by atoms with van der Waals surface area (Å²) in [4.78, 5) is 11.9. The molecule has 4 nitrogen and oxygen atoms in total. The lowest BCUT2D eigenvalue weighted by atomic mass is 10.2. The van der Waals surface area contributed by atoms with Crippen molar-refractivity contribution >= 4 is 23.3 Å². The van der Waals surface area contributed by atoms with Crippen molar-refractivity contribution < 1.29 is 14.6 Å². The molecule has 1 amide bonds. The fraction of sp³-hybridized carbons (Fsp3) is 0.235. The first-order valence-electron chi connectivity index (χ1n) is 7.05. The number of ether oxygens (including phenoxy) is 1. The lowest BCUT2D eigenvalue weighted by Gasteiger charge is -2.16. The first-order chi connectivity index (χ1) is 10.8. The molecule has 1 heterocycles. The molecule has 0 unspecified atom stereocenters. The second kappa shape index (κ2) is 9.15. The van der Waals surface area contributed by atoms with Crippen molar-refractivity contribution in [3.63, 3.8) is 0 Å². The van der Waals surface area contributed by atoms with Gasteiger partial charge in [-0.1, -0.05) is 30.3 Å². The van der Waals surface area contributed by atoms with E-state index >= 15 is 0 Å². The lowest BCUT2D eigenvalue weighted by molar-refractivity contribution is -0.117. The van der Waals surface area contributed by atoms with Gasteiger partial charge in [0.2, 0.25) is 5.91 Å². The quantitative estimate of drug-likeness (QED) is 0.736. The van der Waals surface area contributed by atoms with Crippen LogP contribution in [0.5, 0.6) is 0 Å². The molecule has 2 N–H and O–H groups in total. The molecule has 1 aromatic carbocycles. The highest BCUT2D eigenvalue weighted by Gasteiger charge is 2.13. The Morgan fingerprint density at radius 3 is 2.82 bits per heavy atom. The summed E-state index contributed by atoms with van der Waals surface area (Å²) >= 11 is 1.57. The van der Waals surface area contributed by atoms with Crippen LogP contribution in [-0.2, 0) is 9.53 Å². The second-order valence-corrected chi connectivity index (χ2v) is 5.41. The predicted octanol–water partition coefficient (Wildman–Crippen LogP) is 2.63. The maximum Gasteiger partial charge on any atom is 0.244 e. The summed E-state index contributed by atoms with van der Waals surface area (Å²) in [6.07, 6.45) is 3.03. The summed E-state index contributed by atoms with van der Waals surface area (Å²) in [7, 11) is 0. The van der Waals surface area contributed by atoms with Gasteiger partial charge >= 0.3 is 0 Å². The molecule has 0 fully saturated rings. The summed E-state index contributed by atoms with van der Waals surface area (Å²) in [6.45, 7) is 0.577. The van der Waals surface area contributed by atoms with E-state index in [1.165, 1.54) is 6.08 Å². The zero-order valence-electron chi connectivity index (χ0n) is 12.1. The Morgan fingerprint density at radius 2 is 2.14 bits per heavy atom. The molecule has 0 saturated heterocycles. The molecule has 0 spiro atoms. The number of carbonyl (C=O) groups is 1. The van der Waals surface area contributed by atoms with Gasteiger partial charge in [-0.25, -0.2) is 0 Å². The summed E-state index contributed by atoms with van der Waals surface area (Å²) in [5.41, 5.74) is 1.98. The van der Waals surface area contributed by atoms with Crippen molar-refractivity contribution in [2.75, 3.05) is 19.8 Å². The molecule has 22 heavy (non-hydrogen) atoms. The van der Waals surface area contributed by atoms with Gasteiger partial charge in [-0.15, -0.1) is 0 Å². The average molecular weight is 317 g/mol. The number of aliphatic hydroxyl groups is 1. The van der Waals surface area contributed by atoms with Gasteiger partial charge in [0.25, 0.3) is 0 Å². The number of aliphatic hydroxyl groups excluding tert-OH is 1. The number of benzene rings is 1. The normalized spacial score (nSPS) is 12.4. The highest BCUT2D eigenvalue weighted by Crippen LogP contribution is 2.19. The van der Waals surface area contributed by atoms with Crippen LogP contribution in [0.2, 0.25) is 0 Å². The number of thiophene rings is 1. The Labute approximate surface area is 134 Å². The molecule has 5 heteroatoms.